The molecule has 2 N–H and O–H groups in total. The second kappa shape index (κ2) is 9.77. The summed E-state index contributed by atoms with van der Waals surface area (Å²) >= 11 is 0. The molecule has 1 fully saturated rings. The van der Waals surface area contributed by atoms with Gasteiger partial charge in [-0.15, -0.1) is 0 Å². The first-order valence-electron chi connectivity index (χ1n) is 11.0. The largest absolute Gasteiger partial charge is 0.489 e. The minimum Gasteiger partial charge on any atom is -0.489 e. The lowest BCUT2D eigenvalue weighted by Crippen LogP contribution is -2.21. The number of hydrogen-bond acceptors (Lipinski definition) is 4. The Kier molecular flexibility index (Phi) is 7.36. The molecule has 5 heteroatoms. The highest BCUT2D eigenvalue weighted by atomic mass is 16.5. The van der Waals surface area contributed by atoms with Crippen LogP contribution in [0.25, 0.3) is 0 Å². The van der Waals surface area contributed by atoms with Crippen LogP contribution in [-0.4, -0.2) is 53.4 Å². The van der Waals surface area contributed by atoms with Crippen molar-refractivity contribution >= 4 is 5.91 Å². The van der Waals surface area contributed by atoms with Crippen LogP contribution in [0, 0.1) is 5.92 Å². The summed E-state index contributed by atoms with van der Waals surface area (Å²) in [5.74, 6) is 1.04. The van der Waals surface area contributed by atoms with Crippen molar-refractivity contribution in [1.82, 2.24) is 4.90 Å². The molecule has 0 radical (unpaired) electrons. The Morgan fingerprint density at radius 2 is 2.14 bits per heavy atom. The zero-order valence-electron chi connectivity index (χ0n) is 17.9. The number of ether oxygens (including phenoxy) is 1. The van der Waals surface area contributed by atoms with Gasteiger partial charge in [0.05, 0.1) is 12.2 Å². The first-order valence-corrected chi connectivity index (χ1v) is 11.0. The number of nitrogens with zero attached hydrogens (tertiary/aromatic N) is 1. The van der Waals surface area contributed by atoms with Gasteiger partial charge in [-0.1, -0.05) is 56.5 Å². The smallest absolute Gasteiger partial charge is 0.222 e. The third-order valence-corrected chi connectivity index (χ3v) is 6.25. The van der Waals surface area contributed by atoms with E-state index < -0.39 is 12.2 Å². The molecule has 3 rings (SSSR count). The van der Waals surface area contributed by atoms with E-state index in [9.17, 15) is 15.0 Å². The van der Waals surface area contributed by atoms with Gasteiger partial charge < -0.3 is 19.8 Å². The third-order valence-electron chi connectivity index (χ3n) is 6.25. The summed E-state index contributed by atoms with van der Waals surface area (Å²) in [6.45, 7) is 2.15. The molecule has 0 saturated heterocycles. The number of fused-ring (bicyclic) bond motifs is 3. The maximum Gasteiger partial charge on any atom is 0.222 e. The molecule has 1 aromatic carbocycles. The van der Waals surface area contributed by atoms with Crippen LogP contribution >= 0.6 is 0 Å². The first kappa shape index (κ1) is 21.8. The van der Waals surface area contributed by atoms with Crippen LogP contribution in [0.5, 0.6) is 5.75 Å². The summed E-state index contributed by atoms with van der Waals surface area (Å²) in [6, 6.07) is 6.13. The molecule has 0 aromatic heterocycles. The highest BCUT2D eigenvalue weighted by Crippen LogP contribution is 2.52. The van der Waals surface area contributed by atoms with Gasteiger partial charge in [-0.05, 0) is 18.4 Å². The van der Waals surface area contributed by atoms with E-state index in [0.29, 0.717) is 19.3 Å². The molecule has 0 bridgehead atoms. The first-order chi connectivity index (χ1) is 13.9. The number of benzene rings is 1. The van der Waals surface area contributed by atoms with E-state index in [1.54, 1.807) is 19.0 Å². The molecule has 160 valence electrons. The molecule has 0 spiro atoms. The quantitative estimate of drug-likeness (QED) is 0.491. The van der Waals surface area contributed by atoms with Crippen molar-refractivity contribution in [2.24, 2.45) is 5.92 Å². The van der Waals surface area contributed by atoms with E-state index in [0.717, 1.165) is 42.6 Å². The van der Waals surface area contributed by atoms with E-state index in [4.69, 9.17) is 4.74 Å². The molecule has 1 aliphatic carbocycles. The number of unbranched alkanes of at least 4 members (excludes halogenated alkanes) is 2. The van der Waals surface area contributed by atoms with Gasteiger partial charge in [0, 0.05) is 44.3 Å². The SMILES string of the molecule is CCCCC[C@H](O)C=C[C@@H]1[C@H]2c3cccc(CCC(=O)N(C)C)c3O[C@H]2C[C@H]1O. The van der Waals surface area contributed by atoms with Crippen LogP contribution in [0.15, 0.2) is 30.4 Å². The maximum absolute atomic E-state index is 12.0. The highest BCUT2D eigenvalue weighted by molar-refractivity contribution is 5.76. The number of carbonyl (C=O) groups is 1. The molecule has 1 heterocycles. The van der Waals surface area contributed by atoms with E-state index in [1.165, 1.54) is 0 Å². The van der Waals surface area contributed by atoms with Gasteiger partial charge in [-0.3, -0.25) is 4.79 Å². The Labute approximate surface area is 174 Å². The fourth-order valence-corrected chi connectivity index (χ4v) is 4.59. The van der Waals surface area contributed by atoms with Gasteiger partial charge in [-0.2, -0.15) is 0 Å². The van der Waals surface area contributed by atoms with Crippen LogP contribution in [0.1, 0.15) is 62.5 Å². The fourth-order valence-electron chi connectivity index (χ4n) is 4.59. The molecule has 5 nitrogen and oxygen atoms in total. The van der Waals surface area contributed by atoms with E-state index >= 15 is 0 Å². The van der Waals surface area contributed by atoms with E-state index in [-0.39, 0.29) is 23.8 Å². The lowest BCUT2D eigenvalue weighted by Gasteiger charge is -2.18. The van der Waals surface area contributed by atoms with Gasteiger partial charge >= 0.3 is 0 Å². The Balaban J connectivity index is 1.72. The average Bonchev–Trinajstić information content (AvgIpc) is 3.19. The highest BCUT2D eigenvalue weighted by Gasteiger charge is 2.48. The standard InChI is InChI=1S/C24H35NO4/c1-4-5-6-9-17(26)12-13-18-20(27)15-21-23(18)19-10-7-8-16(24(19)29-21)11-14-22(28)25(2)3/h7-8,10,12-13,17-18,20-21,23,26-27H,4-6,9,11,14-15H2,1-3H3/t17-,18-,20+,21-,23-/m0/s1. The average molecular weight is 402 g/mol. The van der Waals surface area contributed by atoms with Gasteiger partial charge in [0.15, 0.2) is 0 Å². The molecule has 5 atom stereocenters. The molecule has 0 unspecified atom stereocenters. The van der Waals surface area contributed by atoms with Crippen molar-refractivity contribution < 1.29 is 19.7 Å². The van der Waals surface area contributed by atoms with Gasteiger partial charge in [-0.25, -0.2) is 0 Å². The summed E-state index contributed by atoms with van der Waals surface area (Å²) in [7, 11) is 3.54. The number of para-hydroxylation sites is 1. The van der Waals surface area contributed by atoms with Gasteiger partial charge in [0.1, 0.15) is 11.9 Å². The van der Waals surface area contributed by atoms with E-state index in [2.05, 4.69) is 13.0 Å². The van der Waals surface area contributed by atoms with Crippen LogP contribution in [0.2, 0.25) is 0 Å². The van der Waals surface area contributed by atoms with Crippen LogP contribution in [0.3, 0.4) is 0 Å². The molecule has 1 saturated carbocycles. The third kappa shape index (κ3) is 5.01. The van der Waals surface area contributed by atoms with Crippen LogP contribution < -0.4 is 4.74 Å². The molecule has 2 aliphatic rings. The lowest BCUT2D eigenvalue weighted by molar-refractivity contribution is -0.128. The summed E-state index contributed by atoms with van der Waals surface area (Å²) < 4.78 is 6.26. The van der Waals surface area contributed by atoms with Crippen molar-refractivity contribution in [3.8, 4) is 5.75 Å². The summed E-state index contributed by atoms with van der Waals surface area (Å²) in [6.07, 6.45) is 8.62. The number of hydrogen-bond donors (Lipinski definition) is 2. The number of amides is 1. The Morgan fingerprint density at radius 1 is 1.34 bits per heavy atom. The van der Waals surface area contributed by atoms with Crippen LogP contribution in [0.4, 0.5) is 0 Å². The zero-order chi connectivity index (χ0) is 21.0. The molecular weight excluding hydrogens is 366 g/mol. The predicted molar refractivity (Wildman–Crippen MR) is 114 cm³/mol. The molecule has 1 aliphatic heterocycles. The minimum absolute atomic E-state index is 0.0439. The van der Waals surface area contributed by atoms with Gasteiger partial charge in [0.2, 0.25) is 5.91 Å². The number of aliphatic hydroxyl groups is 2. The Morgan fingerprint density at radius 3 is 2.86 bits per heavy atom. The second-order valence-electron chi connectivity index (χ2n) is 8.63. The molecular formula is C24H35NO4. The topological polar surface area (TPSA) is 70.0 Å². The van der Waals surface area contributed by atoms with Crippen molar-refractivity contribution in [1.29, 1.82) is 0 Å². The Hall–Kier alpha value is -1.85. The number of carbonyl (C=O) groups excluding carboxylic acids is 1. The zero-order valence-corrected chi connectivity index (χ0v) is 17.9. The van der Waals surface area contributed by atoms with Crippen LogP contribution in [-0.2, 0) is 11.2 Å². The number of aryl methyl sites for hydroxylation is 1. The normalized spacial score (nSPS) is 26.2. The predicted octanol–water partition coefficient (Wildman–Crippen LogP) is 3.43. The van der Waals surface area contributed by atoms with Crippen molar-refractivity contribution in [3.63, 3.8) is 0 Å². The molecule has 1 aromatic rings. The monoisotopic (exact) mass is 401 g/mol. The number of aliphatic hydroxyl groups excluding tert-OH is 2. The fraction of sp³-hybridized carbons (Fsp3) is 0.625. The maximum atomic E-state index is 12.0. The van der Waals surface area contributed by atoms with Crippen molar-refractivity contribution in [2.45, 2.75) is 76.1 Å². The minimum atomic E-state index is -0.462. The van der Waals surface area contributed by atoms with Gasteiger partial charge in [0.25, 0.3) is 0 Å². The Bertz CT molecular complexity index is 730. The van der Waals surface area contributed by atoms with Crippen molar-refractivity contribution in [3.05, 3.63) is 41.5 Å². The summed E-state index contributed by atoms with van der Waals surface area (Å²) in [5.41, 5.74) is 2.18. The van der Waals surface area contributed by atoms with E-state index in [1.807, 2.05) is 24.3 Å². The number of rotatable bonds is 9. The molecule has 29 heavy (non-hydrogen) atoms. The summed E-state index contributed by atoms with van der Waals surface area (Å²) in [4.78, 5) is 13.6. The molecule has 1 amide bonds. The second-order valence-corrected chi connectivity index (χ2v) is 8.63. The van der Waals surface area contributed by atoms with Crippen molar-refractivity contribution in [2.75, 3.05) is 14.1 Å². The lowest BCUT2D eigenvalue weighted by atomic mass is 9.86. The summed E-state index contributed by atoms with van der Waals surface area (Å²) in [5, 5.41) is 20.8.